The minimum absolute atomic E-state index is 0.354. The predicted octanol–water partition coefficient (Wildman–Crippen LogP) is 4.60. The lowest BCUT2D eigenvalue weighted by molar-refractivity contribution is 0.405. The van der Waals surface area contributed by atoms with Crippen LogP contribution in [0.1, 0.15) is 24.1 Å². The maximum Gasteiger partial charge on any atom is 0.133 e. The normalized spacial score (nSPS) is 13.7. The molecular weight excluding hydrogens is 326 g/mol. The molecule has 112 valence electrons. The highest BCUT2D eigenvalue weighted by molar-refractivity contribution is 9.10. The number of ether oxygens (including phenoxy) is 1. The van der Waals surface area contributed by atoms with Gasteiger partial charge in [0.15, 0.2) is 0 Å². The van der Waals surface area contributed by atoms with Gasteiger partial charge in [0.05, 0.1) is 11.6 Å². The zero-order valence-corrected chi connectivity index (χ0v) is 14.4. The van der Waals surface area contributed by atoms with Gasteiger partial charge in [-0.3, -0.25) is 0 Å². The molecule has 0 amide bonds. The Labute approximate surface area is 135 Å². The van der Waals surface area contributed by atoms with E-state index in [1.807, 2.05) is 13.1 Å². The second kappa shape index (κ2) is 7.62. The van der Waals surface area contributed by atoms with Crippen molar-refractivity contribution in [3.05, 3.63) is 64.1 Å². The standard InChI is InChI=1S/C18H22BrNO/c1-13(18(20-2)15-7-5-4-6-8-15)11-14-9-10-17(21-3)16(19)12-14/h4-10,12-13,18,20H,11H2,1-3H3. The Hall–Kier alpha value is -1.32. The van der Waals surface area contributed by atoms with Crippen LogP contribution in [-0.2, 0) is 6.42 Å². The third-order valence-electron chi connectivity index (χ3n) is 3.81. The molecule has 0 spiro atoms. The van der Waals surface area contributed by atoms with Crippen molar-refractivity contribution in [2.24, 2.45) is 5.92 Å². The Morgan fingerprint density at radius 2 is 1.86 bits per heavy atom. The van der Waals surface area contributed by atoms with Crippen molar-refractivity contribution in [2.45, 2.75) is 19.4 Å². The monoisotopic (exact) mass is 347 g/mol. The average molecular weight is 348 g/mol. The Morgan fingerprint density at radius 3 is 2.43 bits per heavy atom. The highest BCUT2D eigenvalue weighted by Gasteiger charge is 2.18. The molecule has 2 aromatic carbocycles. The summed E-state index contributed by atoms with van der Waals surface area (Å²) < 4.78 is 6.29. The van der Waals surface area contributed by atoms with E-state index < -0.39 is 0 Å². The van der Waals surface area contributed by atoms with Crippen molar-refractivity contribution in [3.63, 3.8) is 0 Å². The second-order valence-corrected chi connectivity index (χ2v) is 6.18. The molecule has 0 bridgehead atoms. The van der Waals surface area contributed by atoms with Crippen LogP contribution < -0.4 is 10.1 Å². The molecule has 0 aliphatic heterocycles. The summed E-state index contributed by atoms with van der Waals surface area (Å²) >= 11 is 3.56. The van der Waals surface area contributed by atoms with Gasteiger partial charge in [0.2, 0.25) is 0 Å². The van der Waals surface area contributed by atoms with Gasteiger partial charge in [0, 0.05) is 6.04 Å². The topological polar surface area (TPSA) is 21.3 Å². The van der Waals surface area contributed by atoms with E-state index in [2.05, 4.69) is 70.6 Å². The van der Waals surface area contributed by atoms with Crippen LogP contribution in [0.25, 0.3) is 0 Å². The number of hydrogen-bond donors (Lipinski definition) is 1. The summed E-state index contributed by atoms with van der Waals surface area (Å²) in [5, 5.41) is 3.44. The van der Waals surface area contributed by atoms with Crippen LogP contribution in [-0.4, -0.2) is 14.2 Å². The number of halogens is 1. The molecule has 21 heavy (non-hydrogen) atoms. The lowest BCUT2D eigenvalue weighted by Crippen LogP contribution is -2.24. The van der Waals surface area contributed by atoms with Gasteiger partial charge in [-0.15, -0.1) is 0 Å². The maximum absolute atomic E-state index is 5.28. The lowest BCUT2D eigenvalue weighted by atomic mass is 9.89. The van der Waals surface area contributed by atoms with Crippen molar-refractivity contribution in [1.29, 1.82) is 0 Å². The molecule has 2 atom stereocenters. The van der Waals surface area contributed by atoms with E-state index in [4.69, 9.17) is 4.74 Å². The highest BCUT2D eigenvalue weighted by Crippen LogP contribution is 2.29. The number of hydrogen-bond acceptors (Lipinski definition) is 2. The Balaban J connectivity index is 2.12. The van der Waals surface area contributed by atoms with Gasteiger partial charge in [-0.2, -0.15) is 0 Å². The summed E-state index contributed by atoms with van der Waals surface area (Å²) in [5.41, 5.74) is 2.64. The molecule has 0 radical (unpaired) electrons. The fourth-order valence-corrected chi connectivity index (χ4v) is 3.35. The molecule has 0 fully saturated rings. The summed E-state index contributed by atoms with van der Waals surface area (Å²) in [6.45, 7) is 2.28. The lowest BCUT2D eigenvalue weighted by Gasteiger charge is -2.24. The average Bonchev–Trinajstić information content (AvgIpc) is 2.49. The minimum Gasteiger partial charge on any atom is -0.496 e. The quantitative estimate of drug-likeness (QED) is 0.824. The number of benzene rings is 2. The van der Waals surface area contributed by atoms with Gasteiger partial charge in [-0.25, -0.2) is 0 Å². The van der Waals surface area contributed by atoms with Gasteiger partial charge in [-0.1, -0.05) is 43.3 Å². The van der Waals surface area contributed by atoms with Crippen LogP contribution in [0.15, 0.2) is 53.0 Å². The summed E-state index contributed by atoms with van der Waals surface area (Å²) in [5.74, 6) is 1.37. The summed E-state index contributed by atoms with van der Waals surface area (Å²) in [6, 6.07) is 17.3. The molecule has 0 aliphatic carbocycles. The van der Waals surface area contributed by atoms with E-state index in [1.54, 1.807) is 7.11 Å². The first-order valence-corrected chi connectivity index (χ1v) is 7.99. The van der Waals surface area contributed by atoms with Gasteiger partial charge < -0.3 is 10.1 Å². The summed E-state index contributed by atoms with van der Waals surface area (Å²) in [6.07, 6.45) is 1.02. The smallest absolute Gasteiger partial charge is 0.133 e. The zero-order valence-electron chi connectivity index (χ0n) is 12.8. The number of nitrogens with one attached hydrogen (secondary N) is 1. The molecule has 0 saturated heterocycles. The molecule has 0 aliphatic rings. The Kier molecular flexibility index (Phi) is 5.83. The fraction of sp³-hybridized carbons (Fsp3) is 0.333. The third-order valence-corrected chi connectivity index (χ3v) is 4.43. The highest BCUT2D eigenvalue weighted by atomic mass is 79.9. The minimum atomic E-state index is 0.354. The van der Waals surface area contributed by atoms with Gasteiger partial charge in [-0.05, 0) is 58.6 Å². The SMILES string of the molecule is CNC(c1ccccc1)C(C)Cc1ccc(OC)c(Br)c1. The largest absolute Gasteiger partial charge is 0.496 e. The molecule has 0 saturated carbocycles. The molecule has 2 rings (SSSR count). The van der Waals surface area contributed by atoms with E-state index in [9.17, 15) is 0 Å². The molecule has 2 unspecified atom stereocenters. The Morgan fingerprint density at radius 1 is 1.14 bits per heavy atom. The first-order chi connectivity index (χ1) is 10.2. The van der Waals surface area contributed by atoms with Crippen LogP contribution in [0, 0.1) is 5.92 Å². The van der Waals surface area contributed by atoms with Crippen molar-refractivity contribution >= 4 is 15.9 Å². The molecule has 0 heterocycles. The fourth-order valence-electron chi connectivity index (χ4n) is 2.77. The molecule has 2 nitrogen and oxygen atoms in total. The summed E-state index contributed by atoms with van der Waals surface area (Å²) in [7, 11) is 3.72. The van der Waals surface area contributed by atoms with Crippen LogP contribution >= 0.6 is 15.9 Å². The molecular formula is C18H22BrNO. The van der Waals surface area contributed by atoms with Crippen molar-refractivity contribution in [1.82, 2.24) is 5.32 Å². The van der Waals surface area contributed by atoms with E-state index in [1.165, 1.54) is 11.1 Å². The molecule has 0 aromatic heterocycles. The third kappa shape index (κ3) is 4.08. The first kappa shape index (κ1) is 16.1. The van der Waals surface area contributed by atoms with E-state index in [-0.39, 0.29) is 0 Å². The summed E-state index contributed by atoms with van der Waals surface area (Å²) in [4.78, 5) is 0. The molecule has 3 heteroatoms. The first-order valence-electron chi connectivity index (χ1n) is 7.20. The second-order valence-electron chi connectivity index (χ2n) is 5.33. The van der Waals surface area contributed by atoms with Crippen molar-refractivity contribution in [3.8, 4) is 5.75 Å². The van der Waals surface area contributed by atoms with E-state index >= 15 is 0 Å². The van der Waals surface area contributed by atoms with Crippen LogP contribution in [0.4, 0.5) is 0 Å². The zero-order chi connectivity index (χ0) is 15.2. The van der Waals surface area contributed by atoms with Crippen molar-refractivity contribution < 1.29 is 4.74 Å². The van der Waals surface area contributed by atoms with Gasteiger partial charge in [0.1, 0.15) is 5.75 Å². The van der Waals surface area contributed by atoms with Crippen LogP contribution in [0.3, 0.4) is 0 Å². The Bertz CT molecular complexity index is 571. The van der Waals surface area contributed by atoms with E-state index in [0.717, 1.165) is 16.6 Å². The predicted molar refractivity (Wildman–Crippen MR) is 91.8 cm³/mol. The van der Waals surface area contributed by atoms with Gasteiger partial charge >= 0.3 is 0 Å². The van der Waals surface area contributed by atoms with Crippen LogP contribution in [0.5, 0.6) is 5.75 Å². The van der Waals surface area contributed by atoms with Crippen LogP contribution in [0.2, 0.25) is 0 Å². The molecule has 2 aromatic rings. The van der Waals surface area contributed by atoms with Crippen molar-refractivity contribution in [2.75, 3.05) is 14.2 Å². The number of methoxy groups -OCH3 is 1. The van der Waals surface area contributed by atoms with Gasteiger partial charge in [0.25, 0.3) is 0 Å². The molecule has 1 N–H and O–H groups in total. The number of rotatable bonds is 6. The maximum atomic E-state index is 5.28. The van der Waals surface area contributed by atoms with E-state index in [0.29, 0.717) is 12.0 Å².